The molecule has 8 heteroatoms. The van der Waals surface area contributed by atoms with Gasteiger partial charge in [0, 0.05) is 42.1 Å². The lowest BCUT2D eigenvalue weighted by molar-refractivity contribution is 0.102. The number of aromatic nitrogens is 2. The molecule has 0 aliphatic heterocycles. The summed E-state index contributed by atoms with van der Waals surface area (Å²) in [6, 6.07) is 24.3. The first kappa shape index (κ1) is 22.4. The van der Waals surface area contributed by atoms with Crippen molar-refractivity contribution in [3.05, 3.63) is 101 Å². The molecule has 0 atom stereocenters. The molecule has 0 fully saturated rings. The van der Waals surface area contributed by atoms with E-state index in [1.54, 1.807) is 12.3 Å². The van der Waals surface area contributed by atoms with E-state index in [0.29, 0.717) is 21.8 Å². The Morgan fingerprint density at radius 1 is 0.857 bits per heavy atom. The fourth-order valence-electron chi connectivity index (χ4n) is 3.72. The summed E-state index contributed by atoms with van der Waals surface area (Å²) in [5.41, 5.74) is 4.82. The summed E-state index contributed by atoms with van der Waals surface area (Å²) < 4.78 is 1.83. The minimum absolute atomic E-state index is 0.125. The number of benzene rings is 3. The molecule has 0 aliphatic rings. The van der Waals surface area contributed by atoms with Crippen LogP contribution in [0.3, 0.4) is 0 Å². The average molecular weight is 482 g/mol. The second-order valence-electron chi connectivity index (χ2n) is 8.20. The fourth-order valence-corrected chi connectivity index (χ4v) is 4.34. The molecule has 5 rings (SSSR count). The normalized spacial score (nSPS) is 10.8. The maximum atomic E-state index is 12.7. The van der Waals surface area contributed by atoms with Gasteiger partial charge in [0.15, 0.2) is 0 Å². The Bertz CT molecular complexity index is 1490. The summed E-state index contributed by atoms with van der Waals surface area (Å²) in [7, 11) is 3.92. The molecule has 5 aromatic rings. The number of thiophene rings is 1. The van der Waals surface area contributed by atoms with Gasteiger partial charge in [-0.2, -0.15) is 5.10 Å². The van der Waals surface area contributed by atoms with Crippen LogP contribution in [0.4, 0.5) is 17.1 Å². The van der Waals surface area contributed by atoms with E-state index >= 15 is 0 Å². The largest absolute Gasteiger partial charge is 0.378 e. The highest BCUT2D eigenvalue weighted by Gasteiger charge is 2.11. The third-order valence-electron chi connectivity index (χ3n) is 5.59. The van der Waals surface area contributed by atoms with Crippen LogP contribution in [0.2, 0.25) is 0 Å². The molecule has 174 valence electrons. The SMILES string of the molecule is CN(C)c1ccc(C(=O)Nc2ccc3c(cnn3-c3ccc(NC(=O)c4cccs4)cc3)c2)cc1. The molecule has 0 radical (unpaired) electrons. The van der Waals surface area contributed by atoms with Gasteiger partial charge in [0.1, 0.15) is 0 Å². The third-order valence-corrected chi connectivity index (χ3v) is 6.46. The number of nitrogens with zero attached hydrogens (tertiary/aromatic N) is 3. The number of hydrogen-bond acceptors (Lipinski definition) is 5. The van der Waals surface area contributed by atoms with Gasteiger partial charge in [-0.25, -0.2) is 4.68 Å². The monoisotopic (exact) mass is 481 g/mol. The number of fused-ring (bicyclic) bond motifs is 1. The lowest BCUT2D eigenvalue weighted by Gasteiger charge is -2.12. The van der Waals surface area contributed by atoms with Crippen LogP contribution >= 0.6 is 11.3 Å². The standard InChI is InChI=1S/C27H23N5O2S/c1-31(2)22-10-5-18(6-11-22)26(33)30-21-9-14-24-19(16-21)17-28-32(24)23-12-7-20(8-13-23)29-27(34)25-4-3-15-35-25/h3-17H,1-2H3,(H,29,34)(H,30,33). The van der Waals surface area contributed by atoms with E-state index in [0.717, 1.165) is 22.3 Å². The minimum atomic E-state index is -0.165. The fraction of sp³-hybridized carbons (Fsp3) is 0.0741. The Balaban J connectivity index is 1.30. The number of hydrogen-bond donors (Lipinski definition) is 2. The van der Waals surface area contributed by atoms with Crippen LogP contribution in [-0.4, -0.2) is 35.7 Å². The van der Waals surface area contributed by atoms with Gasteiger partial charge in [-0.15, -0.1) is 11.3 Å². The van der Waals surface area contributed by atoms with E-state index in [1.807, 2.05) is 102 Å². The summed E-state index contributed by atoms with van der Waals surface area (Å²) in [6.45, 7) is 0. The van der Waals surface area contributed by atoms with Crippen LogP contribution < -0.4 is 15.5 Å². The smallest absolute Gasteiger partial charge is 0.265 e. The maximum absolute atomic E-state index is 12.7. The molecule has 3 aromatic carbocycles. The molecular formula is C27H23N5O2S. The summed E-state index contributed by atoms with van der Waals surface area (Å²) >= 11 is 1.40. The van der Waals surface area contributed by atoms with E-state index in [-0.39, 0.29) is 11.8 Å². The Morgan fingerprint density at radius 2 is 1.57 bits per heavy atom. The number of rotatable bonds is 6. The molecule has 7 nitrogen and oxygen atoms in total. The zero-order chi connectivity index (χ0) is 24.4. The highest BCUT2D eigenvalue weighted by atomic mass is 32.1. The number of amides is 2. The van der Waals surface area contributed by atoms with Crippen LogP contribution in [0.1, 0.15) is 20.0 Å². The lowest BCUT2D eigenvalue weighted by atomic mass is 10.1. The van der Waals surface area contributed by atoms with Gasteiger partial charge in [-0.1, -0.05) is 6.07 Å². The maximum Gasteiger partial charge on any atom is 0.265 e. The quantitative estimate of drug-likeness (QED) is 0.328. The molecule has 0 bridgehead atoms. The highest BCUT2D eigenvalue weighted by Crippen LogP contribution is 2.24. The van der Waals surface area contributed by atoms with Gasteiger partial charge in [-0.05, 0) is 78.2 Å². The van der Waals surface area contributed by atoms with Crippen molar-refractivity contribution < 1.29 is 9.59 Å². The van der Waals surface area contributed by atoms with Crippen molar-refractivity contribution in [2.45, 2.75) is 0 Å². The highest BCUT2D eigenvalue weighted by molar-refractivity contribution is 7.12. The zero-order valence-electron chi connectivity index (χ0n) is 19.2. The topological polar surface area (TPSA) is 79.3 Å². The summed E-state index contributed by atoms with van der Waals surface area (Å²) in [6.07, 6.45) is 1.77. The number of carbonyl (C=O) groups excluding carboxylic acids is 2. The minimum Gasteiger partial charge on any atom is -0.378 e. The van der Waals surface area contributed by atoms with E-state index in [9.17, 15) is 9.59 Å². The number of nitrogens with one attached hydrogen (secondary N) is 2. The van der Waals surface area contributed by atoms with Crippen molar-refractivity contribution in [1.82, 2.24) is 9.78 Å². The molecule has 0 unspecified atom stereocenters. The second kappa shape index (κ2) is 9.44. The molecule has 0 spiro atoms. The molecule has 2 N–H and O–H groups in total. The van der Waals surface area contributed by atoms with Gasteiger partial charge in [-0.3, -0.25) is 9.59 Å². The Labute approximate surface area is 206 Å². The van der Waals surface area contributed by atoms with Crippen LogP contribution in [0.15, 0.2) is 90.4 Å². The van der Waals surface area contributed by atoms with Crippen molar-refractivity contribution in [3.63, 3.8) is 0 Å². The first-order valence-corrected chi connectivity index (χ1v) is 11.9. The Kier molecular flexibility index (Phi) is 6.03. The van der Waals surface area contributed by atoms with Gasteiger partial charge >= 0.3 is 0 Å². The number of anilines is 3. The molecule has 2 heterocycles. The second-order valence-corrected chi connectivity index (χ2v) is 9.15. The average Bonchev–Trinajstić information content (AvgIpc) is 3.55. The molecule has 0 aliphatic carbocycles. The molecule has 0 saturated carbocycles. The van der Waals surface area contributed by atoms with Crippen molar-refractivity contribution in [3.8, 4) is 5.69 Å². The van der Waals surface area contributed by atoms with Gasteiger partial charge in [0.25, 0.3) is 11.8 Å². The van der Waals surface area contributed by atoms with Crippen LogP contribution in [-0.2, 0) is 0 Å². The zero-order valence-corrected chi connectivity index (χ0v) is 20.0. The van der Waals surface area contributed by atoms with Crippen molar-refractivity contribution in [1.29, 1.82) is 0 Å². The number of carbonyl (C=O) groups is 2. The van der Waals surface area contributed by atoms with Crippen molar-refractivity contribution in [2.24, 2.45) is 0 Å². The first-order chi connectivity index (χ1) is 17.0. The Morgan fingerprint density at radius 3 is 2.26 bits per heavy atom. The van der Waals surface area contributed by atoms with Gasteiger partial charge < -0.3 is 15.5 Å². The van der Waals surface area contributed by atoms with E-state index in [1.165, 1.54) is 11.3 Å². The van der Waals surface area contributed by atoms with Crippen LogP contribution in [0, 0.1) is 0 Å². The van der Waals surface area contributed by atoms with E-state index in [2.05, 4.69) is 15.7 Å². The summed E-state index contributed by atoms with van der Waals surface area (Å²) in [5, 5.41) is 13.2. The third kappa shape index (κ3) is 4.78. The molecule has 0 saturated heterocycles. The first-order valence-electron chi connectivity index (χ1n) is 11.0. The lowest BCUT2D eigenvalue weighted by Crippen LogP contribution is -2.13. The van der Waals surface area contributed by atoms with Crippen molar-refractivity contribution >= 4 is 51.1 Å². The van der Waals surface area contributed by atoms with Gasteiger partial charge in [0.05, 0.1) is 22.3 Å². The van der Waals surface area contributed by atoms with E-state index in [4.69, 9.17) is 0 Å². The molecular weight excluding hydrogens is 458 g/mol. The molecule has 2 aromatic heterocycles. The predicted molar refractivity (Wildman–Crippen MR) is 142 cm³/mol. The molecule has 35 heavy (non-hydrogen) atoms. The molecule has 2 amide bonds. The van der Waals surface area contributed by atoms with E-state index < -0.39 is 0 Å². The van der Waals surface area contributed by atoms with Gasteiger partial charge in [0.2, 0.25) is 0 Å². The van der Waals surface area contributed by atoms with Crippen molar-refractivity contribution in [2.75, 3.05) is 29.6 Å². The summed E-state index contributed by atoms with van der Waals surface area (Å²) in [4.78, 5) is 27.6. The van der Waals surface area contributed by atoms with Crippen LogP contribution in [0.25, 0.3) is 16.6 Å². The summed E-state index contributed by atoms with van der Waals surface area (Å²) in [5.74, 6) is -0.289. The van der Waals surface area contributed by atoms with Crippen LogP contribution in [0.5, 0.6) is 0 Å². The predicted octanol–water partition coefficient (Wildman–Crippen LogP) is 5.66. The Hall–Kier alpha value is -4.43.